The highest BCUT2D eigenvalue weighted by molar-refractivity contribution is 8.26. The molecule has 1 aliphatic rings. The average Bonchev–Trinajstić information content (AvgIpc) is 2.82. The fourth-order valence-corrected chi connectivity index (χ4v) is 3.40. The number of carboxylic acids is 1. The Labute approximate surface area is 153 Å². The van der Waals surface area contributed by atoms with Gasteiger partial charge in [-0.15, -0.1) is 0 Å². The number of phenolic OH excluding ortho intramolecular Hbond substituents is 1. The molecule has 0 atom stereocenters. The second-order valence-electron chi connectivity index (χ2n) is 5.17. The standard InChI is InChI=1S/C16H16N2O5S2/c19-11-5-2-1-4-10(11)8-12-15(23)18(16(24)25-12)7-3-6-13(20)17-9-14(21)22/h1-2,4-5,8,19H,3,6-7,9H2,(H,17,20)(H,21,22)/b12-8-. The molecule has 1 saturated heterocycles. The van der Waals surface area contributed by atoms with Gasteiger partial charge < -0.3 is 15.5 Å². The Morgan fingerprint density at radius 1 is 1.32 bits per heavy atom. The number of carbonyl (C=O) groups excluding carboxylic acids is 2. The fourth-order valence-electron chi connectivity index (χ4n) is 2.10. The number of hydrogen-bond donors (Lipinski definition) is 3. The van der Waals surface area contributed by atoms with E-state index in [0.29, 0.717) is 21.2 Å². The molecule has 0 saturated carbocycles. The van der Waals surface area contributed by atoms with Gasteiger partial charge in [-0.1, -0.05) is 42.2 Å². The van der Waals surface area contributed by atoms with E-state index >= 15 is 0 Å². The van der Waals surface area contributed by atoms with E-state index in [1.54, 1.807) is 24.3 Å². The van der Waals surface area contributed by atoms with Crippen LogP contribution < -0.4 is 5.32 Å². The van der Waals surface area contributed by atoms with Gasteiger partial charge in [0.15, 0.2) is 0 Å². The lowest BCUT2D eigenvalue weighted by Crippen LogP contribution is -2.32. The van der Waals surface area contributed by atoms with Crippen LogP contribution in [0.3, 0.4) is 0 Å². The maximum Gasteiger partial charge on any atom is 0.322 e. The molecule has 25 heavy (non-hydrogen) atoms. The number of para-hydroxylation sites is 1. The first-order chi connectivity index (χ1) is 11.9. The van der Waals surface area contributed by atoms with E-state index in [0.717, 1.165) is 11.8 Å². The average molecular weight is 380 g/mol. The Bertz CT molecular complexity index is 748. The molecule has 0 radical (unpaired) electrons. The number of nitrogens with one attached hydrogen (secondary N) is 1. The molecule has 7 nitrogen and oxygen atoms in total. The SMILES string of the molecule is O=C(O)CNC(=O)CCCN1C(=O)/C(=C/c2ccccc2O)SC1=S. The summed E-state index contributed by atoms with van der Waals surface area (Å²) in [6, 6.07) is 6.66. The number of carboxylic acid groups (broad SMARTS) is 1. The number of thioether (sulfide) groups is 1. The van der Waals surface area contributed by atoms with Gasteiger partial charge in [0.05, 0.1) is 4.91 Å². The summed E-state index contributed by atoms with van der Waals surface area (Å²) in [6.07, 6.45) is 2.04. The number of thiocarbonyl (C=S) groups is 1. The Hall–Kier alpha value is -2.39. The van der Waals surface area contributed by atoms with Crippen molar-refractivity contribution < 1.29 is 24.6 Å². The van der Waals surface area contributed by atoms with E-state index in [1.165, 1.54) is 11.0 Å². The minimum Gasteiger partial charge on any atom is -0.507 e. The number of amides is 2. The van der Waals surface area contributed by atoms with Crippen molar-refractivity contribution in [2.45, 2.75) is 12.8 Å². The van der Waals surface area contributed by atoms with Crippen LogP contribution in [0.4, 0.5) is 0 Å². The lowest BCUT2D eigenvalue weighted by atomic mass is 10.2. The summed E-state index contributed by atoms with van der Waals surface area (Å²) >= 11 is 6.33. The van der Waals surface area contributed by atoms with E-state index in [4.69, 9.17) is 17.3 Å². The van der Waals surface area contributed by atoms with Crippen molar-refractivity contribution in [3.8, 4) is 5.75 Å². The van der Waals surface area contributed by atoms with Crippen molar-refractivity contribution in [3.63, 3.8) is 0 Å². The molecule has 2 amide bonds. The number of aromatic hydroxyl groups is 1. The number of phenols is 1. The van der Waals surface area contributed by atoms with Crippen LogP contribution in [0, 0.1) is 0 Å². The first-order valence-corrected chi connectivity index (χ1v) is 8.63. The van der Waals surface area contributed by atoms with Crippen LogP contribution in [0.2, 0.25) is 0 Å². The van der Waals surface area contributed by atoms with Gasteiger partial charge in [0.25, 0.3) is 5.91 Å². The molecule has 1 heterocycles. The van der Waals surface area contributed by atoms with E-state index in [2.05, 4.69) is 5.32 Å². The number of rotatable bonds is 7. The number of nitrogens with zero attached hydrogens (tertiary/aromatic N) is 1. The predicted octanol–water partition coefficient (Wildman–Crippen LogP) is 1.57. The molecule has 0 aromatic heterocycles. The maximum absolute atomic E-state index is 12.4. The molecule has 2 rings (SSSR count). The van der Waals surface area contributed by atoms with Gasteiger partial charge in [0, 0.05) is 18.5 Å². The van der Waals surface area contributed by atoms with Crippen LogP contribution in [0.1, 0.15) is 18.4 Å². The molecule has 1 aromatic carbocycles. The third kappa shape index (κ3) is 5.30. The van der Waals surface area contributed by atoms with Gasteiger partial charge in [-0.3, -0.25) is 19.3 Å². The normalized spacial score (nSPS) is 15.7. The number of carbonyl (C=O) groups is 3. The van der Waals surface area contributed by atoms with Crippen molar-refractivity contribution in [2.75, 3.05) is 13.1 Å². The van der Waals surface area contributed by atoms with Gasteiger partial charge in [0.2, 0.25) is 5.91 Å². The van der Waals surface area contributed by atoms with Gasteiger partial charge in [-0.05, 0) is 18.6 Å². The molecule has 0 unspecified atom stereocenters. The van der Waals surface area contributed by atoms with E-state index in [1.807, 2.05) is 0 Å². The van der Waals surface area contributed by atoms with Gasteiger partial charge in [-0.25, -0.2) is 0 Å². The largest absolute Gasteiger partial charge is 0.507 e. The highest BCUT2D eigenvalue weighted by Crippen LogP contribution is 2.34. The van der Waals surface area contributed by atoms with Crippen LogP contribution in [0.15, 0.2) is 29.2 Å². The van der Waals surface area contributed by atoms with Crippen molar-refractivity contribution >= 4 is 52.2 Å². The summed E-state index contributed by atoms with van der Waals surface area (Å²) in [5.74, 6) is -1.70. The van der Waals surface area contributed by atoms with Crippen LogP contribution >= 0.6 is 24.0 Å². The lowest BCUT2D eigenvalue weighted by molar-refractivity contribution is -0.137. The van der Waals surface area contributed by atoms with Crippen molar-refractivity contribution in [1.82, 2.24) is 10.2 Å². The minimum absolute atomic E-state index is 0.0721. The van der Waals surface area contributed by atoms with Gasteiger partial charge >= 0.3 is 5.97 Å². The molecule has 0 bridgehead atoms. The van der Waals surface area contributed by atoms with Crippen LogP contribution in [0.25, 0.3) is 6.08 Å². The molecule has 9 heteroatoms. The van der Waals surface area contributed by atoms with Crippen molar-refractivity contribution in [1.29, 1.82) is 0 Å². The third-order valence-corrected chi connectivity index (χ3v) is 4.70. The zero-order chi connectivity index (χ0) is 18.4. The van der Waals surface area contributed by atoms with E-state index in [9.17, 15) is 19.5 Å². The first-order valence-electron chi connectivity index (χ1n) is 7.40. The number of hydrogen-bond acceptors (Lipinski definition) is 6. The summed E-state index contributed by atoms with van der Waals surface area (Å²) in [5.41, 5.74) is 0.524. The van der Waals surface area contributed by atoms with Crippen LogP contribution in [-0.2, 0) is 14.4 Å². The molecular formula is C16H16N2O5S2. The third-order valence-electron chi connectivity index (χ3n) is 3.32. The molecule has 1 aliphatic heterocycles. The molecule has 1 aromatic rings. The van der Waals surface area contributed by atoms with E-state index < -0.39 is 18.4 Å². The number of aliphatic carboxylic acids is 1. The molecule has 3 N–H and O–H groups in total. The van der Waals surface area contributed by atoms with Crippen molar-refractivity contribution in [3.05, 3.63) is 34.7 Å². The topological polar surface area (TPSA) is 107 Å². The molecule has 0 spiro atoms. The second kappa shape index (κ2) is 8.63. The Kier molecular flexibility index (Phi) is 6.54. The second-order valence-corrected chi connectivity index (χ2v) is 6.84. The zero-order valence-corrected chi connectivity index (χ0v) is 14.7. The minimum atomic E-state index is -1.11. The quantitative estimate of drug-likeness (QED) is 0.487. The maximum atomic E-state index is 12.4. The molecular weight excluding hydrogens is 364 g/mol. The number of benzene rings is 1. The summed E-state index contributed by atoms with van der Waals surface area (Å²) in [7, 11) is 0. The molecule has 132 valence electrons. The Morgan fingerprint density at radius 3 is 2.72 bits per heavy atom. The summed E-state index contributed by atoms with van der Waals surface area (Å²) < 4.78 is 0.387. The fraction of sp³-hybridized carbons (Fsp3) is 0.250. The monoisotopic (exact) mass is 380 g/mol. The van der Waals surface area contributed by atoms with Crippen molar-refractivity contribution in [2.24, 2.45) is 0 Å². The van der Waals surface area contributed by atoms with Gasteiger partial charge in [-0.2, -0.15) is 0 Å². The molecule has 0 aliphatic carbocycles. The predicted molar refractivity (Wildman–Crippen MR) is 97.9 cm³/mol. The lowest BCUT2D eigenvalue weighted by Gasteiger charge is -2.13. The zero-order valence-electron chi connectivity index (χ0n) is 13.1. The summed E-state index contributed by atoms with van der Waals surface area (Å²) in [4.78, 5) is 36.1. The summed E-state index contributed by atoms with van der Waals surface area (Å²) in [5, 5.41) is 20.5. The Morgan fingerprint density at radius 2 is 2.04 bits per heavy atom. The smallest absolute Gasteiger partial charge is 0.322 e. The highest BCUT2D eigenvalue weighted by atomic mass is 32.2. The highest BCUT2D eigenvalue weighted by Gasteiger charge is 2.31. The van der Waals surface area contributed by atoms with Crippen LogP contribution in [-0.4, -0.2) is 50.3 Å². The molecule has 1 fully saturated rings. The van der Waals surface area contributed by atoms with E-state index in [-0.39, 0.29) is 24.6 Å². The summed E-state index contributed by atoms with van der Waals surface area (Å²) in [6.45, 7) is -0.160. The first kappa shape index (κ1) is 18.9. The van der Waals surface area contributed by atoms with Crippen LogP contribution in [0.5, 0.6) is 5.75 Å². The Balaban J connectivity index is 1.92. The van der Waals surface area contributed by atoms with Gasteiger partial charge in [0.1, 0.15) is 16.6 Å².